The molecule has 9 heteroatoms. The summed E-state index contributed by atoms with van der Waals surface area (Å²) in [5.41, 5.74) is 0.569. The number of hydrogen-bond acceptors (Lipinski definition) is 7. The van der Waals surface area contributed by atoms with Crippen LogP contribution in [-0.4, -0.2) is 64.3 Å². The van der Waals surface area contributed by atoms with Gasteiger partial charge < -0.3 is 35.6 Å². The molecule has 1 rings (SSSR count). The number of carbonyl (C=O) groups is 2. The summed E-state index contributed by atoms with van der Waals surface area (Å²) < 4.78 is 4.90. The molecule has 9 nitrogen and oxygen atoms in total. The first-order valence-corrected chi connectivity index (χ1v) is 6.65. The van der Waals surface area contributed by atoms with E-state index in [0.717, 1.165) is 13.0 Å². The highest BCUT2D eigenvalue weighted by atomic mass is 16.5. The van der Waals surface area contributed by atoms with Crippen LogP contribution < -0.4 is 5.32 Å². The normalized spacial score (nSPS) is 11.2. The number of carboxylic acid groups (broad SMARTS) is 2. The van der Waals surface area contributed by atoms with Crippen molar-refractivity contribution in [1.82, 2.24) is 5.32 Å². The summed E-state index contributed by atoms with van der Waals surface area (Å²) in [6.07, 6.45) is 0.174. The molecule has 0 aromatic heterocycles. The highest BCUT2D eigenvalue weighted by Gasteiger charge is 2.09. The molecule has 0 heterocycles. The molecule has 1 atom stereocenters. The Kier molecular flexibility index (Phi) is 10.1. The van der Waals surface area contributed by atoms with Gasteiger partial charge in [0.2, 0.25) is 0 Å². The summed E-state index contributed by atoms with van der Waals surface area (Å²) in [4.78, 5) is 18.2. The summed E-state index contributed by atoms with van der Waals surface area (Å²) in [7, 11) is 1.65. The Balaban J connectivity index is 0.000000688. The Labute approximate surface area is 132 Å². The fourth-order valence-corrected chi connectivity index (χ4v) is 1.45. The first-order valence-electron chi connectivity index (χ1n) is 6.65. The van der Waals surface area contributed by atoms with Crippen LogP contribution in [0, 0.1) is 0 Å². The van der Waals surface area contributed by atoms with Crippen LogP contribution in [0.1, 0.15) is 18.1 Å². The number of benzene rings is 1. The lowest BCUT2D eigenvalue weighted by molar-refractivity contribution is -0.159. The van der Waals surface area contributed by atoms with Crippen LogP contribution >= 0.6 is 0 Å². The predicted molar refractivity (Wildman–Crippen MR) is 79.4 cm³/mol. The molecule has 1 aromatic carbocycles. The highest BCUT2D eigenvalue weighted by molar-refractivity contribution is 6.27. The largest absolute Gasteiger partial charge is 0.504 e. The van der Waals surface area contributed by atoms with Gasteiger partial charge in [0, 0.05) is 20.3 Å². The third-order valence-electron chi connectivity index (χ3n) is 2.61. The zero-order valence-electron chi connectivity index (χ0n) is 12.6. The van der Waals surface area contributed by atoms with E-state index in [1.807, 2.05) is 0 Å². The van der Waals surface area contributed by atoms with E-state index in [-0.39, 0.29) is 11.5 Å². The van der Waals surface area contributed by atoms with Gasteiger partial charge in [-0.1, -0.05) is 6.07 Å². The van der Waals surface area contributed by atoms with Crippen LogP contribution in [0.15, 0.2) is 18.2 Å². The molecule has 0 radical (unpaired) electrons. The second kappa shape index (κ2) is 11.2. The topological polar surface area (TPSA) is 157 Å². The lowest BCUT2D eigenvalue weighted by Gasteiger charge is -2.12. The molecule has 0 bridgehead atoms. The Morgan fingerprint density at radius 2 is 1.78 bits per heavy atom. The number of phenolic OH excluding ortho intramolecular Hbond substituents is 2. The van der Waals surface area contributed by atoms with E-state index in [1.54, 1.807) is 13.2 Å². The van der Waals surface area contributed by atoms with E-state index in [1.165, 1.54) is 12.1 Å². The summed E-state index contributed by atoms with van der Waals surface area (Å²) in [6, 6.07) is 4.30. The average Bonchev–Trinajstić information content (AvgIpc) is 2.50. The Morgan fingerprint density at radius 3 is 2.26 bits per heavy atom. The molecule has 23 heavy (non-hydrogen) atoms. The first-order chi connectivity index (χ1) is 10.8. The van der Waals surface area contributed by atoms with Crippen LogP contribution in [0.2, 0.25) is 0 Å². The second-order valence-electron chi connectivity index (χ2n) is 4.42. The Morgan fingerprint density at radius 1 is 1.17 bits per heavy atom. The van der Waals surface area contributed by atoms with E-state index in [4.69, 9.17) is 29.6 Å². The first kappa shape index (κ1) is 20.6. The smallest absolute Gasteiger partial charge is 0.414 e. The maximum absolute atomic E-state index is 9.81. The molecule has 0 spiro atoms. The number of methoxy groups -OCH3 is 1. The standard InChI is InChI=1S/C12H19NO4.C2H2O4/c1-17-6-2-5-13-8-12(16)9-3-4-10(14)11(15)7-9;3-1(4)2(5)6/h3-4,7,12-16H,2,5-6,8H2,1H3;(H,3,4)(H,5,6)/t12-;/m0./s1. The van der Waals surface area contributed by atoms with Crippen molar-refractivity contribution in [2.45, 2.75) is 12.5 Å². The van der Waals surface area contributed by atoms with Gasteiger partial charge in [-0.25, -0.2) is 9.59 Å². The van der Waals surface area contributed by atoms with Crippen molar-refractivity contribution in [1.29, 1.82) is 0 Å². The molecule has 1 aromatic rings. The zero-order chi connectivity index (χ0) is 17.8. The predicted octanol–water partition coefficient (Wildman–Crippen LogP) is -0.0871. The van der Waals surface area contributed by atoms with Crippen LogP contribution in [0.3, 0.4) is 0 Å². The van der Waals surface area contributed by atoms with Crippen molar-refractivity contribution in [2.24, 2.45) is 0 Å². The van der Waals surface area contributed by atoms with Crippen molar-refractivity contribution in [2.75, 3.05) is 26.8 Å². The van der Waals surface area contributed by atoms with E-state index in [9.17, 15) is 10.2 Å². The third kappa shape index (κ3) is 9.30. The molecular formula is C14H21NO8. The quantitative estimate of drug-likeness (QED) is 0.228. The Bertz CT molecular complexity index is 494. The molecule has 0 unspecified atom stereocenters. The lowest BCUT2D eigenvalue weighted by atomic mass is 10.1. The summed E-state index contributed by atoms with van der Waals surface area (Å²) in [6.45, 7) is 1.84. The van der Waals surface area contributed by atoms with Crippen LogP contribution in [-0.2, 0) is 14.3 Å². The van der Waals surface area contributed by atoms with Gasteiger partial charge in [-0.3, -0.25) is 0 Å². The van der Waals surface area contributed by atoms with Gasteiger partial charge in [0.15, 0.2) is 11.5 Å². The van der Waals surface area contributed by atoms with Gasteiger partial charge in [0.05, 0.1) is 6.10 Å². The van der Waals surface area contributed by atoms with Gasteiger partial charge in [0.25, 0.3) is 0 Å². The lowest BCUT2D eigenvalue weighted by Crippen LogP contribution is -2.23. The monoisotopic (exact) mass is 331 g/mol. The molecule has 0 aliphatic heterocycles. The van der Waals surface area contributed by atoms with Crippen LogP contribution in [0.4, 0.5) is 0 Å². The van der Waals surface area contributed by atoms with E-state index < -0.39 is 18.0 Å². The number of hydrogen-bond donors (Lipinski definition) is 6. The third-order valence-corrected chi connectivity index (χ3v) is 2.61. The number of ether oxygens (including phenoxy) is 1. The van der Waals surface area contributed by atoms with Crippen molar-refractivity contribution in [3.63, 3.8) is 0 Å². The molecule has 130 valence electrons. The molecule has 6 N–H and O–H groups in total. The number of nitrogens with one attached hydrogen (secondary N) is 1. The zero-order valence-corrected chi connectivity index (χ0v) is 12.6. The maximum atomic E-state index is 9.81. The molecule has 0 aliphatic rings. The minimum Gasteiger partial charge on any atom is -0.504 e. The van der Waals surface area contributed by atoms with E-state index in [2.05, 4.69) is 5.32 Å². The van der Waals surface area contributed by atoms with Gasteiger partial charge in [-0.15, -0.1) is 0 Å². The Hall–Kier alpha value is -2.36. The molecule has 0 amide bonds. The van der Waals surface area contributed by atoms with Crippen molar-refractivity contribution in [3.8, 4) is 11.5 Å². The van der Waals surface area contributed by atoms with Gasteiger partial charge >= 0.3 is 11.9 Å². The molecular weight excluding hydrogens is 310 g/mol. The van der Waals surface area contributed by atoms with Crippen molar-refractivity contribution >= 4 is 11.9 Å². The SMILES string of the molecule is COCCCNC[C@H](O)c1ccc(O)c(O)c1.O=C(O)C(=O)O. The van der Waals surface area contributed by atoms with E-state index >= 15 is 0 Å². The van der Waals surface area contributed by atoms with Crippen molar-refractivity contribution in [3.05, 3.63) is 23.8 Å². The number of rotatable bonds is 7. The number of aliphatic carboxylic acids is 2. The van der Waals surface area contributed by atoms with E-state index in [0.29, 0.717) is 18.7 Å². The number of aliphatic hydroxyl groups excluding tert-OH is 1. The fraction of sp³-hybridized carbons (Fsp3) is 0.429. The summed E-state index contributed by atoms with van der Waals surface area (Å²) >= 11 is 0. The second-order valence-corrected chi connectivity index (χ2v) is 4.42. The number of carboxylic acids is 2. The summed E-state index contributed by atoms with van der Waals surface area (Å²) in [5.74, 6) is -4.06. The summed E-state index contributed by atoms with van der Waals surface area (Å²) in [5, 5.41) is 46.1. The molecule has 0 aliphatic carbocycles. The maximum Gasteiger partial charge on any atom is 0.414 e. The number of phenols is 2. The fourth-order valence-electron chi connectivity index (χ4n) is 1.45. The minimum absolute atomic E-state index is 0.186. The van der Waals surface area contributed by atoms with Crippen LogP contribution in [0.5, 0.6) is 11.5 Å². The minimum atomic E-state index is -1.82. The molecule has 0 fully saturated rings. The highest BCUT2D eigenvalue weighted by Crippen LogP contribution is 2.27. The average molecular weight is 331 g/mol. The number of aliphatic hydroxyl groups is 1. The van der Waals surface area contributed by atoms with Crippen LogP contribution in [0.25, 0.3) is 0 Å². The van der Waals surface area contributed by atoms with Gasteiger partial charge in [0.1, 0.15) is 0 Å². The molecule has 0 saturated heterocycles. The molecule has 0 saturated carbocycles. The van der Waals surface area contributed by atoms with Gasteiger partial charge in [-0.2, -0.15) is 0 Å². The van der Waals surface area contributed by atoms with Crippen molar-refractivity contribution < 1.29 is 39.9 Å². The number of aromatic hydroxyl groups is 2. The van der Waals surface area contributed by atoms with Gasteiger partial charge in [-0.05, 0) is 30.7 Å².